The highest BCUT2D eigenvalue weighted by molar-refractivity contribution is 6.06. The lowest BCUT2D eigenvalue weighted by Crippen LogP contribution is -2.26. The molecule has 0 spiro atoms. The van der Waals surface area contributed by atoms with Crippen molar-refractivity contribution < 1.29 is 4.79 Å². The van der Waals surface area contributed by atoms with Crippen molar-refractivity contribution in [1.82, 2.24) is 9.97 Å². The van der Waals surface area contributed by atoms with Crippen LogP contribution in [0.1, 0.15) is 19.4 Å². The highest BCUT2D eigenvalue weighted by Gasteiger charge is 2.38. The summed E-state index contributed by atoms with van der Waals surface area (Å²) in [6.45, 7) is 3.87. The largest absolute Gasteiger partial charge is 0.351 e. The van der Waals surface area contributed by atoms with E-state index in [1.54, 1.807) is 6.33 Å². The second-order valence-electron chi connectivity index (χ2n) is 4.79. The number of carbonyl (C=O) groups excluding carboxylic acids is 1. The summed E-state index contributed by atoms with van der Waals surface area (Å²) in [6.07, 6.45) is 3.48. The third-order valence-electron chi connectivity index (χ3n) is 3.30. The number of rotatable bonds is 1. The van der Waals surface area contributed by atoms with E-state index in [9.17, 15) is 4.79 Å². The molecule has 0 saturated carbocycles. The van der Waals surface area contributed by atoms with Crippen LogP contribution >= 0.6 is 0 Å². The minimum atomic E-state index is -0.445. The maximum Gasteiger partial charge on any atom is 0.234 e. The molecule has 0 saturated heterocycles. The summed E-state index contributed by atoms with van der Waals surface area (Å²) in [5.41, 5.74) is 3.37. The van der Waals surface area contributed by atoms with E-state index in [1.165, 1.54) is 0 Å². The van der Waals surface area contributed by atoms with Crippen LogP contribution in [0.4, 0.5) is 5.69 Å². The van der Waals surface area contributed by atoms with Crippen LogP contribution in [0.25, 0.3) is 11.3 Å². The molecular weight excluding hydrogens is 214 g/mol. The number of H-pyrrole nitrogens is 1. The predicted octanol–water partition coefficient (Wildman–Crippen LogP) is 2.31. The van der Waals surface area contributed by atoms with Gasteiger partial charge in [0.1, 0.15) is 0 Å². The first-order valence-electron chi connectivity index (χ1n) is 5.54. The van der Waals surface area contributed by atoms with Crippen molar-refractivity contribution in [2.45, 2.75) is 19.3 Å². The van der Waals surface area contributed by atoms with Gasteiger partial charge in [-0.3, -0.25) is 4.79 Å². The zero-order chi connectivity index (χ0) is 12.0. The Bertz CT molecular complexity index is 585. The van der Waals surface area contributed by atoms with E-state index in [2.05, 4.69) is 15.3 Å². The average molecular weight is 227 g/mol. The Labute approximate surface area is 99.1 Å². The van der Waals surface area contributed by atoms with Gasteiger partial charge < -0.3 is 10.3 Å². The zero-order valence-electron chi connectivity index (χ0n) is 9.74. The van der Waals surface area contributed by atoms with Crippen molar-refractivity contribution in [3.8, 4) is 11.3 Å². The SMILES string of the molecule is CC1(C)C(=O)Nc2cc(-c3c[nH]cn3)ccc21. The third-order valence-corrected chi connectivity index (χ3v) is 3.30. The van der Waals surface area contributed by atoms with Gasteiger partial charge in [0.15, 0.2) is 0 Å². The third kappa shape index (κ3) is 1.37. The normalized spacial score (nSPS) is 16.7. The lowest BCUT2D eigenvalue weighted by Gasteiger charge is -2.14. The van der Waals surface area contributed by atoms with Crippen molar-refractivity contribution >= 4 is 11.6 Å². The van der Waals surface area contributed by atoms with Gasteiger partial charge in [-0.15, -0.1) is 0 Å². The summed E-state index contributed by atoms with van der Waals surface area (Å²) < 4.78 is 0. The second kappa shape index (κ2) is 3.20. The molecule has 1 aliphatic heterocycles. The number of fused-ring (bicyclic) bond motifs is 1. The van der Waals surface area contributed by atoms with Crippen molar-refractivity contribution in [2.24, 2.45) is 0 Å². The van der Waals surface area contributed by atoms with E-state index in [0.29, 0.717) is 0 Å². The number of nitrogens with zero attached hydrogens (tertiary/aromatic N) is 1. The molecule has 0 unspecified atom stereocenters. The molecule has 1 aromatic heterocycles. The van der Waals surface area contributed by atoms with Crippen LogP contribution in [-0.4, -0.2) is 15.9 Å². The summed E-state index contributed by atoms with van der Waals surface area (Å²) in [5, 5.41) is 2.91. The Morgan fingerprint density at radius 3 is 2.82 bits per heavy atom. The Morgan fingerprint density at radius 1 is 1.29 bits per heavy atom. The summed E-state index contributed by atoms with van der Waals surface area (Å²) in [4.78, 5) is 18.9. The predicted molar refractivity (Wildman–Crippen MR) is 65.7 cm³/mol. The zero-order valence-corrected chi connectivity index (χ0v) is 9.74. The highest BCUT2D eigenvalue weighted by Crippen LogP contribution is 2.38. The standard InChI is InChI=1S/C13H13N3O/c1-13(2)9-4-3-8(11-6-14-7-15-11)5-10(9)16-12(13)17/h3-7H,1-2H3,(H,14,15)(H,16,17). The van der Waals surface area contributed by atoms with Crippen LogP contribution < -0.4 is 5.32 Å². The minimum Gasteiger partial charge on any atom is -0.351 e. The van der Waals surface area contributed by atoms with Gasteiger partial charge >= 0.3 is 0 Å². The molecule has 2 aromatic rings. The van der Waals surface area contributed by atoms with Crippen molar-refractivity contribution in [3.05, 3.63) is 36.3 Å². The molecule has 0 radical (unpaired) electrons. The molecule has 0 aliphatic carbocycles. The van der Waals surface area contributed by atoms with Crippen LogP contribution in [0.3, 0.4) is 0 Å². The maximum atomic E-state index is 11.8. The number of anilines is 1. The monoisotopic (exact) mass is 227 g/mol. The molecule has 1 aromatic carbocycles. The molecule has 3 rings (SSSR count). The van der Waals surface area contributed by atoms with E-state index >= 15 is 0 Å². The lowest BCUT2D eigenvalue weighted by atomic mass is 9.86. The van der Waals surface area contributed by atoms with E-state index in [0.717, 1.165) is 22.5 Å². The van der Waals surface area contributed by atoms with Crippen LogP contribution in [0, 0.1) is 0 Å². The van der Waals surface area contributed by atoms with Gasteiger partial charge in [0.25, 0.3) is 0 Å². The molecule has 86 valence electrons. The molecule has 2 heterocycles. The smallest absolute Gasteiger partial charge is 0.234 e. The first-order chi connectivity index (χ1) is 8.09. The maximum absolute atomic E-state index is 11.8. The molecule has 1 amide bonds. The van der Waals surface area contributed by atoms with Gasteiger partial charge in [0.2, 0.25) is 5.91 Å². The van der Waals surface area contributed by atoms with E-state index < -0.39 is 5.41 Å². The fourth-order valence-electron chi connectivity index (χ4n) is 2.17. The number of aromatic nitrogens is 2. The second-order valence-corrected chi connectivity index (χ2v) is 4.79. The number of imidazole rings is 1. The molecule has 0 bridgehead atoms. The van der Waals surface area contributed by atoms with Gasteiger partial charge in [-0.25, -0.2) is 4.98 Å². The highest BCUT2D eigenvalue weighted by atomic mass is 16.2. The van der Waals surface area contributed by atoms with Crippen LogP contribution in [0.15, 0.2) is 30.7 Å². The summed E-state index contributed by atoms with van der Waals surface area (Å²) >= 11 is 0. The Morgan fingerprint density at radius 2 is 2.12 bits per heavy atom. The lowest BCUT2D eigenvalue weighted by molar-refractivity contribution is -0.119. The fourth-order valence-corrected chi connectivity index (χ4v) is 2.17. The molecule has 0 atom stereocenters. The summed E-state index contributed by atoms with van der Waals surface area (Å²) in [7, 11) is 0. The number of amides is 1. The van der Waals surface area contributed by atoms with Gasteiger partial charge in [-0.05, 0) is 25.5 Å². The van der Waals surface area contributed by atoms with Gasteiger partial charge in [0.05, 0.1) is 17.4 Å². The van der Waals surface area contributed by atoms with E-state index in [-0.39, 0.29) is 5.91 Å². The quantitative estimate of drug-likeness (QED) is 0.785. The van der Waals surface area contributed by atoms with E-state index in [1.807, 2.05) is 38.2 Å². The number of hydrogen-bond acceptors (Lipinski definition) is 2. The van der Waals surface area contributed by atoms with Gasteiger partial charge in [-0.2, -0.15) is 0 Å². The Kier molecular flexibility index (Phi) is 1.90. The van der Waals surface area contributed by atoms with Gasteiger partial charge in [-0.1, -0.05) is 12.1 Å². The Balaban J connectivity index is 2.12. The first-order valence-corrected chi connectivity index (χ1v) is 5.54. The molecule has 17 heavy (non-hydrogen) atoms. The molecule has 1 aliphatic rings. The van der Waals surface area contributed by atoms with Crippen molar-refractivity contribution in [1.29, 1.82) is 0 Å². The number of nitrogens with one attached hydrogen (secondary N) is 2. The number of hydrogen-bond donors (Lipinski definition) is 2. The van der Waals surface area contributed by atoms with Crippen LogP contribution in [0.5, 0.6) is 0 Å². The fraction of sp³-hybridized carbons (Fsp3) is 0.231. The van der Waals surface area contributed by atoms with Crippen molar-refractivity contribution in [3.63, 3.8) is 0 Å². The molecular formula is C13H13N3O. The number of aromatic amines is 1. The molecule has 2 N–H and O–H groups in total. The summed E-state index contributed by atoms with van der Waals surface area (Å²) in [6, 6.07) is 5.96. The number of carbonyl (C=O) groups is 1. The molecule has 4 nitrogen and oxygen atoms in total. The first kappa shape index (κ1) is 10.1. The minimum absolute atomic E-state index is 0.0478. The Hall–Kier alpha value is -2.10. The molecule has 4 heteroatoms. The topological polar surface area (TPSA) is 57.8 Å². The average Bonchev–Trinajstić information content (AvgIpc) is 2.87. The van der Waals surface area contributed by atoms with Crippen LogP contribution in [0.2, 0.25) is 0 Å². The summed E-state index contributed by atoms with van der Waals surface area (Å²) in [5.74, 6) is 0.0478. The van der Waals surface area contributed by atoms with Crippen LogP contribution in [-0.2, 0) is 10.2 Å². The van der Waals surface area contributed by atoms with E-state index in [4.69, 9.17) is 0 Å². The van der Waals surface area contributed by atoms with Gasteiger partial charge in [0, 0.05) is 17.4 Å². The molecule has 0 fully saturated rings. The number of benzene rings is 1. The van der Waals surface area contributed by atoms with Crippen molar-refractivity contribution in [2.75, 3.05) is 5.32 Å².